The number of amides is 3. The van der Waals surface area contributed by atoms with Gasteiger partial charge in [-0.3, -0.25) is 14.4 Å². The third-order valence-corrected chi connectivity index (χ3v) is 5.18. The quantitative estimate of drug-likeness (QED) is 0.490. The number of anilines is 1. The van der Waals surface area contributed by atoms with Gasteiger partial charge in [0, 0.05) is 5.56 Å². The van der Waals surface area contributed by atoms with E-state index in [1.54, 1.807) is 18.2 Å². The molecule has 3 aromatic carbocycles. The molecule has 3 amide bonds. The van der Waals surface area contributed by atoms with Crippen molar-refractivity contribution in [3.8, 4) is 5.75 Å². The first kappa shape index (κ1) is 20.3. The van der Waals surface area contributed by atoms with E-state index in [-0.39, 0.29) is 17.4 Å². The van der Waals surface area contributed by atoms with Gasteiger partial charge in [-0.2, -0.15) is 0 Å². The molecule has 6 nitrogen and oxygen atoms in total. The number of nitrogens with zero attached hydrogens (tertiary/aromatic N) is 1. The number of fused-ring (bicyclic) bond motifs is 1. The van der Waals surface area contributed by atoms with E-state index in [1.807, 2.05) is 50.2 Å². The number of nitrogens with one attached hydrogen (secondary N) is 1. The first-order valence-electron chi connectivity index (χ1n) is 10.0. The summed E-state index contributed by atoms with van der Waals surface area (Å²) in [4.78, 5) is 39.4. The lowest BCUT2D eigenvalue weighted by molar-refractivity contribution is 0.0923. The van der Waals surface area contributed by atoms with Crippen LogP contribution in [-0.4, -0.2) is 30.9 Å². The fourth-order valence-corrected chi connectivity index (χ4v) is 3.49. The molecule has 31 heavy (non-hydrogen) atoms. The topological polar surface area (TPSA) is 75.7 Å². The third kappa shape index (κ3) is 4.05. The lowest BCUT2D eigenvalue weighted by atomic mass is 10.1. The molecular weight excluding hydrogens is 392 g/mol. The molecule has 3 aromatic rings. The van der Waals surface area contributed by atoms with Crippen molar-refractivity contribution in [2.24, 2.45) is 0 Å². The monoisotopic (exact) mass is 414 g/mol. The predicted octanol–water partition coefficient (Wildman–Crippen LogP) is 3.91. The highest BCUT2D eigenvalue weighted by atomic mass is 16.5. The molecule has 0 fully saturated rings. The zero-order valence-corrected chi connectivity index (χ0v) is 17.3. The number of aryl methyl sites for hydroxylation is 2. The zero-order chi connectivity index (χ0) is 22.0. The van der Waals surface area contributed by atoms with Crippen molar-refractivity contribution in [1.29, 1.82) is 0 Å². The fourth-order valence-electron chi connectivity index (χ4n) is 3.49. The molecule has 0 saturated heterocycles. The number of imide groups is 1. The first-order chi connectivity index (χ1) is 15.0. The van der Waals surface area contributed by atoms with Gasteiger partial charge in [-0.1, -0.05) is 35.9 Å². The molecule has 0 spiro atoms. The molecule has 6 heteroatoms. The molecule has 0 bridgehead atoms. The van der Waals surface area contributed by atoms with Gasteiger partial charge in [0.2, 0.25) is 0 Å². The maximum atomic E-state index is 12.9. The SMILES string of the molecule is Cc1ccc(OCCNC(=O)c2ccc3c(c2)C(=O)N(c2ccccc2C)C3=O)cc1. The molecule has 0 saturated carbocycles. The van der Waals surface area contributed by atoms with Crippen molar-refractivity contribution < 1.29 is 19.1 Å². The van der Waals surface area contributed by atoms with E-state index in [2.05, 4.69) is 5.32 Å². The molecule has 156 valence electrons. The summed E-state index contributed by atoms with van der Waals surface area (Å²) in [5, 5.41) is 2.78. The van der Waals surface area contributed by atoms with E-state index in [0.717, 1.165) is 21.8 Å². The molecule has 1 heterocycles. The van der Waals surface area contributed by atoms with Gasteiger partial charge in [0.15, 0.2) is 0 Å². The van der Waals surface area contributed by atoms with E-state index in [1.165, 1.54) is 12.1 Å². The van der Waals surface area contributed by atoms with Crippen LogP contribution in [0.2, 0.25) is 0 Å². The lowest BCUT2D eigenvalue weighted by Crippen LogP contribution is -2.30. The number of benzene rings is 3. The maximum absolute atomic E-state index is 12.9. The number of para-hydroxylation sites is 1. The molecular formula is C25H22N2O4. The zero-order valence-electron chi connectivity index (χ0n) is 17.3. The second kappa shape index (κ2) is 8.44. The Bertz CT molecular complexity index is 1170. The van der Waals surface area contributed by atoms with Gasteiger partial charge in [0.05, 0.1) is 23.4 Å². The number of carbonyl (C=O) groups is 3. The van der Waals surface area contributed by atoms with Gasteiger partial charge in [-0.05, 0) is 55.8 Å². The van der Waals surface area contributed by atoms with E-state index in [0.29, 0.717) is 30.0 Å². The average Bonchev–Trinajstić information content (AvgIpc) is 3.02. The van der Waals surface area contributed by atoms with Crippen molar-refractivity contribution in [3.05, 3.63) is 94.5 Å². The van der Waals surface area contributed by atoms with Crippen LogP contribution < -0.4 is 15.0 Å². The third-order valence-electron chi connectivity index (χ3n) is 5.18. The van der Waals surface area contributed by atoms with Crippen LogP contribution in [0.3, 0.4) is 0 Å². The van der Waals surface area contributed by atoms with E-state index in [9.17, 15) is 14.4 Å². The maximum Gasteiger partial charge on any atom is 0.266 e. The number of carbonyl (C=O) groups excluding carboxylic acids is 3. The number of hydrogen-bond donors (Lipinski definition) is 1. The van der Waals surface area contributed by atoms with Crippen molar-refractivity contribution in [3.63, 3.8) is 0 Å². The van der Waals surface area contributed by atoms with Crippen molar-refractivity contribution in [2.45, 2.75) is 13.8 Å². The van der Waals surface area contributed by atoms with Crippen LogP contribution in [0.5, 0.6) is 5.75 Å². The highest BCUT2D eigenvalue weighted by Crippen LogP contribution is 2.31. The Morgan fingerprint density at radius 2 is 1.61 bits per heavy atom. The highest BCUT2D eigenvalue weighted by molar-refractivity contribution is 6.35. The van der Waals surface area contributed by atoms with Crippen LogP contribution in [0.15, 0.2) is 66.7 Å². The minimum absolute atomic E-state index is 0.233. The van der Waals surface area contributed by atoms with E-state index < -0.39 is 5.91 Å². The second-order valence-electron chi connectivity index (χ2n) is 7.41. The molecule has 0 aromatic heterocycles. The van der Waals surface area contributed by atoms with Crippen molar-refractivity contribution >= 4 is 23.4 Å². The van der Waals surface area contributed by atoms with Gasteiger partial charge in [0.25, 0.3) is 17.7 Å². The summed E-state index contributed by atoms with van der Waals surface area (Å²) in [6.45, 7) is 4.47. The van der Waals surface area contributed by atoms with Gasteiger partial charge < -0.3 is 10.1 Å². The van der Waals surface area contributed by atoms with E-state index in [4.69, 9.17) is 4.74 Å². The summed E-state index contributed by atoms with van der Waals surface area (Å²) in [5.41, 5.74) is 3.37. The Kier molecular flexibility index (Phi) is 5.54. The van der Waals surface area contributed by atoms with Gasteiger partial charge in [-0.15, -0.1) is 0 Å². The highest BCUT2D eigenvalue weighted by Gasteiger charge is 2.37. The van der Waals surface area contributed by atoms with Crippen LogP contribution in [0.1, 0.15) is 42.2 Å². The molecule has 1 aliphatic heterocycles. The Balaban J connectivity index is 1.42. The van der Waals surface area contributed by atoms with Crippen LogP contribution in [0.25, 0.3) is 0 Å². The summed E-state index contributed by atoms with van der Waals surface area (Å²) in [6.07, 6.45) is 0. The second-order valence-corrected chi connectivity index (χ2v) is 7.41. The largest absolute Gasteiger partial charge is 0.492 e. The number of rotatable bonds is 6. The van der Waals surface area contributed by atoms with Gasteiger partial charge in [0.1, 0.15) is 12.4 Å². The van der Waals surface area contributed by atoms with Crippen LogP contribution in [0, 0.1) is 13.8 Å². The molecule has 0 radical (unpaired) electrons. The van der Waals surface area contributed by atoms with Crippen molar-refractivity contribution in [2.75, 3.05) is 18.1 Å². The van der Waals surface area contributed by atoms with Crippen LogP contribution in [0.4, 0.5) is 5.69 Å². The molecule has 0 atom stereocenters. The molecule has 0 aliphatic carbocycles. The predicted molar refractivity (Wildman–Crippen MR) is 118 cm³/mol. The minimum Gasteiger partial charge on any atom is -0.492 e. The Morgan fingerprint density at radius 1 is 0.903 bits per heavy atom. The Morgan fingerprint density at radius 3 is 2.35 bits per heavy atom. The standard InChI is InChI=1S/C25H22N2O4/c1-16-7-10-19(11-8-16)31-14-13-26-23(28)18-9-12-20-21(15-18)25(30)27(24(20)29)22-6-4-3-5-17(22)2/h3-12,15H,13-14H2,1-2H3,(H,26,28). The smallest absolute Gasteiger partial charge is 0.266 e. The minimum atomic E-state index is -0.424. The summed E-state index contributed by atoms with van der Waals surface area (Å²) >= 11 is 0. The summed E-state index contributed by atoms with van der Waals surface area (Å²) in [7, 11) is 0. The van der Waals surface area contributed by atoms with E-state index >= 15 is 0 Å². The summed E-state index contributed by atoms with van der Waals surface area (Å²) in [6, 6.07) is 19.4. The Labute approximate surface area is 180 Å². The molecule has 1 N–H and O–H groups in total. The lowest BCUT2D eigenvalue weighted by Gasteiger charge is -2.16. The Hall–Kier alpha value is -3.93. The van der Waals surface area contributed by atoms with Crippen LogP contribution in [-0.2, 0) is 0 Å². The molecule has 1 aliphatic rings. The fraction of sp³-hybridized carbons (Fsp3) is 0.160. The first-order valence-corrected chi connectivity index (χ1v) is 10.0. The normalized spacial score (nSPS) is 12.6. The average molecular weight is 414 g/mol. The molecule has 4 rings (SSSR count). The summed E-state index contributed by atoms with van der Waals surface area (Å²) < 4.78 is 5.61. The number of hydrogen-bond acceptors (Lipinski definition) is 4. The summed E-state index contributed by atoms with van der Waals surface area (Å²) in [5.74, 6) is -0.401. The van der Waals surface area contributed by atoms with Crippen LogP contribution >= 0.6 is 0 Å². The van der Waals surface area contributed by atoms with Crippen molar-refractivity contribution in [1.82, 2.24) is 5.32 Å². The number of ether oxygens (including phenoxy) is 1. The molecule has 0 unspecified atom stereocenters. The van der Waals surface area contributed by atoms with Gasteiger partial charge >= 0.3 is 0 Å². The van der Waals surface area contributed by atoms with Gasteiger partial charge in [-0.25, -0.2) is 4.90 Å².